The number of carbonyl (C=O) groups is 2. The number of nitrogens with one attached hydrogen (secondary N) is 1. The first-order chi connectivity index (χ1) is 17.7. The van der Waals surface area contributed by atoms with E-state index in [-0.39, 0.29) is 23.9 Å². The zero-order valence-corrected chi connectivity index (χ0v) is 21.7. The number of anilines is 1. The lowest BCUT2D eigenvalue weighted by atomic mass is 10.1. The van der Waals surface area contributed by atoms with Gasteiger partial charge in [-0.05, 0) is 69.4 Å². The third-order valence-corrected chi connectivity index (χ3v) is 7.92. The summed E-state index contributed by atoms with van der Waals surface area (Å²) in [4.78, 5) is 33.3. The van der Waals surface area contributed by atoms with Gasteiger partial charge < -0.3 is 19.8 Å². The van der Waals surface area contributed by atoms with Crippen LogP contribution in [0.25, 0.3) is 10.9 Å². The second-order valence-electron chi connectivity index (χ2n) is 9.19. The molecule has 5 rings (SSSR count). The van der Waals surface area contributed by atoms with Gasteiger partial charge in [0.25, 0.3) is 15.9 Å². The lowest BCUT2D eigenvalue weighted by molar-refractivity contribution is 0.0625. The fourth-order valence-corrected chi connectivity index (χ4v) is 5.47. The Morgan fingerprint density at radius 2 is 1.59 bits per heavy atom. The number of hydrogen-bond acceptors (Lipinski definition) is 6. The molecule has 1 aromatic heterocycles. The van der Waals surface area contributed by atoms with Crippen LogP contribution in [0.15, 0.2) is 59.6 Å². The maximum atomic E-state index is 13.0. The Morgan fingerprint density at radius 1 is 0.946 bits per heavy atom. The molecule has 0 saturated carbocycles. The van der Waals surface area contributed by atoms with E-state index in [2.05, 4.69) is 21.7 Å². The Labute approximate surface area is 216 Å². The number of pyridine rings is 1. The summed E-state index contributed by atoms with van der Waals surface area (Å²) in [6.45, 7) is 5.51. The monoisotopic (exact) mass is 525 g/mol. The van der Waals surface area contributed by atoms with Crippen LogP contribution < -0.4 is 4.72 Å². The van der Waals surface area contributed by atoms with Crippen molar-refractivity contribution in [2.75, 3.05) is 51.0 Å². The largest absolute Gasteiger partial charge is 0.465 e. The molecule has 10 nitrogen and oxygen atoms in total. The number of nitrogens with zero attached hydrogens (tertiary/aromatic N) is 4. The zero-order valence-electron chi connectivity index (χ0n) is 20.9. The highest BCUT2D eigenvalue weighted by molar-refractivity contribution is 7.93. The van der Waals surface area contributed by atoms with Crippen LogP contribution in [0.3, 0.4) is 0 Å². The summed E-state index contributed by atoms with van der Waals surface area (Å²) < 4.78 is 28.7. The predicted octanol–water partition coefficient (Wildman–Crippen LogP) is 3.10. The lowest BCUT2D eigenvalue weighted by Crippen LogP contribution is -2.50. The van der Waals surface area contributed by atoms with Gasteiger partial charge >= 0.3 is 6.09 Å². The minimum atomic E-state index is -3.90. The average molecular weight is 526 g/mol. The number of aromatic nitrogens is 1. The van der Waals surface area contributed by atoms with Crippen molar-refractivity contribution in [2.24, 2.45) is 0 Å². The summed E-state index contributed by atoms with van der Waals surface area (Å²) in [6.07, 6.45) is 1.96. The molecule has 0 atom stereocenters. The molecule has 0 unspecified atom stereocenters. The Morgan fingerprint density at radius 3 is 2.19 bits per heavy atom. The molecule has 2 saturated heterocycles. The van der Waals surface area contributed by atoms with Gasteiger partial charge in [0.15, 0.2) is 0 Å². The number of fused-ring (bicyclic) bond motifs is 1. The fraction of sp³-hybridized carbons (Fsp3) is 0.346. The summed E-state index contributed by atoms with van der Waals surface area (Å²) in [6, 6.07) is 13.3. The molecule has 2 aromatic carbocycles. The molecule has 37 heavy (non-hydrogen) atoms. The molecule has 0 radical (unpaired) electrons. The van der Waals surface area contributed by atoms with Gasteiger partial charge in [0, 0.05) is 43.3 Å². The lowest BCUT2D eigenvalue weighted by Gasteiger charge is -2.33. The van der Waals surface area contributed by atoms with E-state index in [1.807, 2.05) is 0 Å². The quantitative estimate of drug-likeness (QED) is 0.537. The minimum Gasteiger partial charge on any atom is -0.465 e. The van der Waals surface area contributed by atoms with Gasteiger partial charge in [0.2, 0.25) is 0 Å². The zero-order chi connectivity index (χ0) is 26.6. The van der Waals surface area contributed by atoms with Crippen molar-refractivity contribution in [1.82, 2.24) is 19.7 Å². The highest BCUT2D eigenvalue weighted by Crippen LogP contribution is 2.25. The van der Waals surface area contributed by atoms with E-state index in [1.54, 1.807) is 60.5 Å². The fourth-order valence-electron chi connectivity index (χ4n) is 4.16. The number of rotatable bonds is 4. The third kappa shape index (κ3) is 6.17. The van der Waals surface area contributed by atoms with Gasteiger partial charge in [-0.15, -0.1) is 0 Å². The van der Waals surface area contributed by atoms with Crippen molar-refractivity contribution >= 4 is 38.6 Å². The number of para-hydroxylation sites is 1. The Bertz CT molecular complexity index is 1390. The van der Waals surface area contributed by atoms with Gasteiger partial charge in [-0.3, -0.25) is 14.5 Å². The van der Waals surface area contributed by atoms with Crippen LogP contribution in [0.2, 0.25) is 0 Å². The number of amides is 2. The number of likely N-dealkylation sites (tertiary alicyclic amines) is 1. The van der Waals surface area contributed by atoms with Crippen LogP contribution >= 0.6 is 0 Å². The summed E-state index contributed by atoms with van der Waals surface area (Å²) in [5, 5.41) is 9.76. The summed E-state index contributed by atoms with van der Waals surface area (Å²) in [7, 11) is -1.76. The van der Waals surface area contributed by atoms with Crippen LogP contribution in [0.5, 0.6) is 0 Å². The van der Waals surface area contributed by atoms with E-state index in [0.717, 1.165) is 5.39 Å². The number of piperazine rings is 1. The molecule has 0 bridgehead atoms. The normalized spacial score (nSPS) is 15.9. The van der Waals surface area contributed by atoms with E-state index in [9.17, 15) is 18.0 Å². The molecule has 0 spiro atoms. The number of hydrogen-bond donors (Lipinski definition) is 2. The van der Waals surface area contributed by atoms with Crippen LogP contribution in [-0.4, -0.2) is 91.5 Å². The molecule has 2 N–H and O–H groups in total. The van der Waals surface area contributed by atoms with E-state index in [0.29, 0.717) is 35.4 Å². The number of benzene rings is 2. The van der Waals surface area contributed by atoms with Gasteiger partial charge in [-0.2, -0.15) is 0 Å². The van der Waals surface area contributed by atoms with Crippen LogP contribution in [0.4, 0.5) is 10.5 Å². The molecule has 2 fully saturated rings. The smallest absolute Gasteiger partial charge is 0.407 e. The van der Waals surface area contributed by atoms with E-state index >= 15 is 0 Å². The van der Waals surface area contributed by atoms with Crippen molar-refractivity contribution in [3.8, 4) is 0 Å². The minimum absolute atomic E-state index is 0.0754. The van der Waals surface area contributed by atoms with E-state index in [1.165, 1.54) is 30.5 Å². The first-order valence-corrected chi connectivity index (χ1v) is 13.6. The molecular formula is C26H31N5O5S. The van der Waals surface area contributed by atoms with Crippen molar-refractivity contribution < 1.29 is 23.1 Å². The first-order valence-electron chi connectivity index (χ1n) is 12.1. The predicted molar refractivity (Wildman–Crippen MR) is 141 cm³/mol. The Kier molecular flexibility index (Phi) is 7.94. The molecule has 3 heterocycles. The van der Waals surface area contributed by atoms with Crippen LogP contribution in [-0.2, 0) is 10.0 Å². The molecule has 2 aliphatic heterocycles. The maximum Gasteiger partial charge on any atom is 0.407 e. The standard InChI is InChI=1S/C22H22N4O5S.C4H9N/c1-15-14-17(21(27)25-10-12-26(13-11-25)22(28)29)7-8-18(15)24-32(30,31)19-6-2-4-16-5-3-9-23-20(16)19;1-5-3-2-4-5/h2-9,14,24H,10-13H2,1H3,(H,28,29);2-4H2,1H3. The number of carbonyl (C=O) groups excluding carboxylic acids is 1. The molecule has 196 valence electrons. The van der Waals surface area contributed by atoms with Crippen LogP contribution in [0, 0.1) is 6.92 Å². The van der Waals surface area contributed by atoms with Gasteiger partial charge in [0.1, 0.15) is 4.90 Å². The Balaban J connectivity index is 0.000000572. The van der Waals surface area contributed by atoms with Crippen molar-refractivity contribution in [3.05, 3.63) is 65.9 Å². The van der Waals surface area contributed by atoms with Gasteiger partial charge in [0.05, 0.1) is 11.2 Å². The molecule has 3 aromatic rings. The Hall–Kier alpha value is -3.70. The molecule has 2 aliphatic rings. The average Bonchev–Trinajstić information content (AvgIpc) is 2.88. The number of sulfonamides is 1. The van der Waals surface area contributed by atoms with Crippen molar-refractivity contribution in [3.63, 3.8) is 0 Å². The topological polar surface area (TPSA) is 123 Å². The summed E-state index contributed by atoms with van der Waals surface area (Å²) >= 11 is 0. The van der Waals surface area contributed by atoms with Gasteiger partial charge in [-0.25, -0.2) is 13.2 Å². The summed E-state index contributed by atoms with van der Waals surface area (Å²) in [5.74, 6) is -0.217. The highest BCUT2D eigenvalue weighted by Gasteiger charge is 2.25. The van der Waals surface area contributed by atoms with E-state index < -0.39 is 16.1 Å². The van der Waals surface area contributed by atoms with Crippen LogP contribution in [0.1, 0.15) is 22.3 Å². The summed E-state index contributed by atoms with van der Waals surface area (Å²) in [5.41, 5.74) is 1.76. The molecular weight excluding hydrogens is 494 g/mol. The van der Waals surface area contributed by atoms with E-state index in [4.69, 9.17) is 5.11 Å². The SMILES string of the molecule is CN1CCC1.Cc1cc(C(=O)N2CCN(C(=O)O)CC2)ccc1NS(=O)(=O)c1cccc2cccnc12. The highest BCUT2D eigenvalue weighted by atomic mass is 32.2. The molecule has 0 aliphatic carbocycles. The van der Waals surface area contributed by atoms with Gasteiger partial charge in [-0.1, -0.05) is 18.2 Å². The number of carboxylic acid groups (broad SMARTS) is 1. The second-order valence-corrected chi connectivity index (χ2v) is 10.8. The molecule has 2 amide bonds. The molecule has 11 heteroatoms. The van der Waals surface area contributed by atoms with Crippen molar-refractivity contribution in [1.29, 1.82) is 0 Å². The third-order valence-electron chi connectivity index (χ3n) is 6.52. The van der Waals surface area contributed by atoms with Crippen molar-refractivity contribution in [2.45, 2.75) is 18.2 Å². The number of aryl methyl sites for hydroxylation is 1. The first kappa shape index (κ1) is 26.4. The second kappa shape index (κ2) is 11.1. The maximum absolute atomic E-state index is 13.0.